The molecule has 5 rings (SSSR count). The summed E-state index contributed by atoms with van der Waals surface area (Å²) in [5.41, 5.74) is -6.29. The first-order valence-electron chi connectivity index (χ1n) is 44.5. The molecule has 0 radical (unpaired) electrons. The van der Waals surface area contributed by atoms with Crippen molar-refractivity contribution >= 4 is 132 Å². The third-order valence-electron chi connectivity index (χ3n) is 19.3. The number of aliphatic hydroxyl groups is 2. The summed E-state index contributed by atoms with van der Waals surface area (Å²) in [6.07, 6.45) is -0.132. The number of methoxy groups -OCH3 is 3. The zero-order valence-electron chi connectivity index (χ0n) is 89.2. The second kappa shape index (κ2) is 74.9. The van der Waals surface area contributed by atoms with Crippen LogP contribution in [-0.2, 0) is 114 Å². The maximum atomic E-state index is 13.3. The van der Waals surface area contributed by atoms with Crippen LogP contribution in [0.2, 0.25) is 0 Å². The van der Waals surface area contributed by atoms with E-state index in [2.05, 4.69) is 43.8 Å². The standard InChI is InChI=1S/C18H32N2O8S.C18H32N2O5.C17H30N2O6.C17H30N2O5.C12H22O4.C5H9NO3.C3H6.CH3ClO2S.11CH4.ClH.Li.H2O/c1-17(2,3)13(19-16(23)27-18(4,5)6)14(21)20-10-11(28-29(8,24)25)9-12(20)15(22)26-7;1-11-9-12(15(22)24-8)20(10-11)14(21)13(17(2,3)4)19-16(23)25-18(5,6)7;1-16(2,3)12(18-15(23)25-17(4,5)6)13(21)19-9-10(20)8-11(19)14(22)24-7;1-10-8-11(14(21)22)19(9-10)13(20)12(16(2,3)4)18-15(23)24-17(5,6)7;1-11(2,3)8(10(14)15)7-9(13)16-12(4,5)6;7-3-1-4(5(8)9)6-2-3;1-3-2;1-5(2,3)4;;;;;;;;;;;;;;/h11-13H,9-10H2,1-8H3,(H,19,23);11-13H,9-10H2,1-8H3,(H,19,23);10-12,20H,8-9H2,1-7H3,(H,18,23);10-12H,8-9H2,1-7H3,(H,18,23)(H,21,22);8H,7H2,1-6H3,(H,14,15);3-4,6-7H,1-2H2,(H,8,9);3H,1H2,2H3;1H3;11*1H4;1H;;1H2/q;;;;;;;;;;;;;;;;;;;;+1;/p-1/t11-,12-,13+;11-,12+,13-;10-,11-,12+;10-,11+,12-;;3-,4-;;;;;;;;;;;;;;;;/m0101.0................/s1. The Balaban J connectivity index is -0.0000000928. The van der Waals surface area contributed by atoms with Crippen LogP contribution in [0.4, 0.5) is 19.2 Å². The Hall–Kier alpha value is -8.13. The minimum atomic E-state index is -3.78. The molecule has 0 aromatic heterocycles. The van der Waals surface area contributed by atoms with E-state index < -0.39 is 231 Å². The zero-order valence-corrected chi connectivity index (χ0v) is 92.4. The Labute approximate surface area is 926 Å². The van der Waals surface area contributed by atoms with Gasteiger partial charge in [0.25, 0.3) is 10.1 Å². The number of aliphatic hydroxyl groups excluding tert-OH is 2. The summed E-state index contributed by atoms with van der Waals surface area (Å²) in [6.45, 7) is 63.4. The van der Waals surface area contributed by atoms with Gasteiger partial charge in [0, 0.05) is 62.7 Å². The van der Waals surface area contributed by atoms with Crippen LogP contribution in [0, 0.1) is 44.8 Å². The molecular weight excluding hydrogens is 2040 g/mol. The fourth-order valence-corrected chi connectivity index (χ4v) is 14.1. The van der Waals surface area contributed by atoms with Crippen LogP contribution in [-0.4, -0.2) is 324 Å². The van der Waals surface area contributed by atoms with E-state index in [1.165, 1.54) is 40.9 Å². The van der Waals surface area contributed by atoms with E-state index in [-0.39, 0.29) is 174 Å². The first-order chi connectivity index (χ1) is 60.7. The van der Waals surface area contributed by atoms with Gasteiger partial charge in [-0.1, -0.05) is 205 Å². The largest absolute Gasteiger partial charge is 1.00 e. The normalized spacial score (nSPS) is 19.3. The van der Waals surface area contributed by atoms with Crippen LogP contribution < -0.4 is 45.4 Å². The number of esters is 4. The average molecular weight is 2250 g/mol. The molecule has 5 fully saturated rings. The van der Waals surface area contributed by atoms with Gasteiger partial charge < -0.3 is 115 Å². The van der Waals surface area contributed by atoms with E-state index in [4.69, 9.17) is 57.4 Å². The molecule has 11 N–H and O–H groups in total. The minimum Gasteiger partial charge on any atom is -0.870 e. The Morgan fingerprint density at radius 1 is 0.400 bits per heavy atom. The summed E-state index contributed by atoms with van der Waals surface area (Å²) >= 11 is 0. The molecule has 48 heteroatoms. The molecule has 0 spiro atoms. The number of carbonyl (C=O) groups excluding carboxylic acids is 12. The molecule has 894 valence electrons. The van der Waals surface area contributed by atoms with Gasteiger partial charge in [-0.15, -0.1) is 19.0 Å². The molecule has 8 amide bonds. The molecule has 5 aliphatic heterocycles. The zero-order chi connectivity index (χ0) is 108. The monoisotopic (exact) mass is 2250 g/mol. The van der Waals surface area contributed by atoms with Crippen molar-refractivity contribution in [2.45, 2.75) is 449 Å². The molecule has 43 nitrogen and oxygen atoms in total. The molecule has 1 unspecified atom stereocenters. The van der Waals surface area contributed by atoms with Gasteiger partial charge in [0.2, 0.25) is 32.7 Å². The number of aliphatic carboxylic acids is 3. The van der Waals surface area contributed by atoms with Gasteiger partial charge in [-0.2, -0.15) is 8.42 Å². The summed E-state index contributed by atoms with van der Waals surface area (Å²) in [5, 5.41) is 58.6. The molecule has 5 aliphatic rings. The van der Waals surface area contributed by atoms with Crippen molar-refractivity contribution in [2.24, 2.45) is 44.8 Å². The Morgan fingerprint density at radius 3 is 0.847 bits per heavy atom. The van der Waals surface area contributed by atoms with Crippen molar-refractivity contribution in [3.05, 3.63) is 12.7 Å². The van der Waals surface area contributed by atoms with E-state index in [0.717, 1.165) is 12.5 Å². The number of hydrogen-bond donors (Lipinski definition) is 10. The number of likely N-dealkylation sites (tertiary alicyclic amines) is 4. The number of carboxylic acid groups (broad SMARTS) is 3. The number of alkyl carbamates (subject to hydrolysis) is 4. The summed E-state index contributed by atoms with van der Waals surface area (Å²) in [6, 6.07) is -7.50. The second-order valence-corrected chi connectivity index (χ2v) is 48.9. The Morgan fingerprint density at radius 2 is 0.640 bits per heavy atom. The van der Waals surface area contributed by atoms with Crippen molar-refractivity contribution in [1.29, 1.82) is 0 Å². The molecule has 5 saturated heterocycles. The molecular formula is C102H210Cl2LiN9O34S2. The third kappa shape index (κ3) is 74.0. The van der Waals surface area contributed by atoms with Gasteiger partial charge in [0.15, 0.2) is 0 Å². The molecule has 150 heavy (non-hydrogen) atoms. The van der Waals surface area contributed by atoms with Gasteiger partial charge in [-0.3, -0.25) is 37.7 Å². The molecule has 0 saturated carbocycles. The van der Waals surface area contributed by atoms with Gasteiger partial charge in [0.1, 0.15) is 82.4 Å². The topological polar surface area (TPSA) is 612 Å². The summed E-state index contributed by atoms with van der Waals surface area (Å²) < 4.78 is 87.1. The number of carboxylic acids is 3. The smallest absolute Gasteiger partial charge is 0.870 e. The van der Waals surface area contributed by atoms with Crippen LogP contribution in [0.3, 0.4) is 0 Å². The summed E-state index contributed by atoms with van der Waals surface area (Å²) in [4.78, 5) is 187. The average Bonchev–Trinajstić information content (AvgIpc) is 1.65. The number of nitrogens with zero attached hydrogens (tertiary/aromatic N) is 4. The summed E-state index contributed by atoms with van der Waals surface area (Å²) in [7, 11) is 1.25. The second-order valence-electron chi connectivity index (χ2n) is 44.3. The van der Waals surface area contributed by atoms with Crippen molar-refractivity contribution in [2.75, 3.05) is 66.6 Å². The number of allylic oxidation sites excluding steroid dienone is 1. The molecule has 0 aromatic carbocycles. The van der Waals surface area contributed by atoms with Crippen LogP contribution >= 0.6 is 23.1 Å². The Kier molecular flexibility index (Phi) is 90.1. The maximum absolute atomic E-state index is 13.3. The van der Waals surface area contributed by atoms with Crippen molar-refractivity contribution in [3.63, 3.8) is 0 Å². The number of ether oxygens (including phenoxy) is 8. The van der Waals surface area contributed by atoms with Gasteiger partial charge >= 0.3 is 85.0 Å². The first-order valence-corrected chi connectivity index (χ1v) is 49.0. The fraction of sp³-hybridized carbons (Fsp3) is 0.833. The van der Waals surface area contributed by atoms with Crippen molar-refractivity contribution in [3.8, 4) is 0 Å². The number of halogens is 2. The maximum Gasteiger partial charge on any atom is 1.00 e. The van der Waals surface area contributed by atoms with E-state index in [1.54, 1.807) is 172 Å². The van der Waals surface area contributed by atoms with Crippen LogP contribution in [0.25, 0.3) is 0 Å². The number of carbonyl (C=O) groups is 15. The molecule has 5 heterocycles. The van der Waals surface area contributed by atoms with Crippen LogP contribution in [0.15, 0.2) is 12.7 Å². The quantitative estimate of drug-likeness (QED) is 0.0152. The number of hydrogen-bond acceptors (Lipinski definition) is 32. The predicted molar refractivity (Wildman–Crippen MR) is 590 cm³/mol. The number of nitrogens with one attached hydrogen (secondary N) is 5. The first kappa shape index (κ1) is 181. The van der Waals surface area contributed by atoms with E-state index in [9.17, 15) is 99.0 Å². The van der Waals surface area contributed by atoms with Crippen LogP contribution in [0.1, 0.15) is 349 Å². The number of amides is 8. The SMILES string of the molecule is C.C.C.C.C.C.C.C.C.C.C.C=CC.CC(C)(C)OC(=O)CC(C(=O)O)C(C)(C)C.COC(=O)[C@@H]1C[C@@H](C)CN1C(=O)[C@@H](NC(=O)OC(C)(C)C)C(C)(C)C.COC(=O)[C@@H]1C[C@H](O)CN1C(=O)[C@@H](NC(=O)OC(C)(C)C)C(C)(C)C.COC(=O)[C@@H]1C[C@H](OS(C)(=O)=O)CN1C(=O)[C@@H](NC(=O)OC(C)(C)C)C(C)(C)C.CS(=O)(=O)Cl.C[C@@H]1C[C@@H](C(=O)O)N(C(=O)[C@@H](NC(=O)OC(C)(C)C)C(C)(C)C)C1.Cl.O=C(O)[C@@H]1C[C@H](O)CN1.[Li+].[OH-]. The Bertz CT molecular complexity index is 4150. The third-order valence-corrected chi connectivity index (χ3v) is 20.0. The molecule has 15 atom stereocenters. The minimum absolute atomic E-state index is 0. The molecule has 0 aliphatic carbocycles. The number of rotatable bonds is 18. The molecule has 0 aromatic rings. The van der Waals surface area contributed by atoms with E-state index >= 15 is 0 Å². The van der Waals surface area contributed by atoms with Gasteiger partial charge in [-0.05, 0) is 163 Å². The van der Waals surface area contributed by atoms with E-state index in [1.807, 2.05) is 62.3 Å². The van der Waals surface area contributed by atoms with Crippen LogP contribution in [0.5, 0.6) is 0 Å². The van der Waals surface area contributed by atoms with Crippen molar-refractivity contribution in [1.82, 2.24) is 46.2 Å². The van der Waals surface area contributed by atoms with E-state index in [0.29, 0.717) is 38.9 Å². The molecule has 0 bridgehead atoms. The fourth-order valence-electron chi connectivity index (χ4n) is 13.5. The van der Waals surface area contributed by atoms with Gasteiger partial charge in [-0.25, -0.2) is 46.8 Å². The summed E-state index contributed by atoms with van der Waals surface area (Å²) in [5.74, 6) is -7.14. The van der Waals surface area contributed by atoms with Gasteiger partial charge in [0.05, 0.1) is 64.5 Å². The number of β-amino-alcohol motifs (C(OH)–C–C–N with tert-alkyl or cyclic N) is 2. The van der Waals surface area contributed by atoms with Crippen molar-refractivity contribution < 1.29 is 181 Å². The predicted octanol–water partition coefficient (Wildman–Crippen LogP) is 13.6.